The molecule has 0 atom stereocenters. The van der Waals surface area contributed by atoms with E-state index in [1.165, 1.54) is 24.9 Å². The molecule has 0 saturated heterocycles. The van der Waals surface area contributed by atoms with E-state index in [1.54, 1.807) is 0 Å². The average molecular weight is 186 g/mol. The molecule has 0 nitrogen and oxygen atoms in total. The van der Waals surface area contributed by atoms with Crippen LogP contribution in [0.25, 0.3) is 0 Å². The Morgan fingerprint density at radius 1 is 1.00 bits per heavy atom. The second-order valence-corrected chi connectivity index (χ2v) is 11.3. The Balaban J connectivity index is 3.75. The van der Waals surface area contributed by atoms with E-state index in [1.807, 2.05) is 0 Å². The van der Waals surface area contributed by atoms with Gasteiger partial charge in [-0.1, -0.05) is 65.7 Å². The van der Waals surface area contributed by atoms with Crippen molar-refractivity contribution < 1.29 is 0 Å². The quantitative estimate of drug-likeness (QED) is 0.565. The van der Waals surface area contributed by atoms with Gasteiger partial charge in [-0.3, -0.25) is 0 Å². The Labute approximate surface area is 79.8 Å². The Bertz CT molecular complexity index is 119. The van der Waals surface area contributed by atoms with E-state index in [4.69, 9.17) is 0 Å². The largest absolute Gasteiger partial charge is 0.0693 e. The lowest BCUT2D eigenvalue weighted by Crippen LogP contribution is -2.26. The maximum atomic E-state index is 2.53. The van der Waals surface area contributed by atoms with E-state index in [2.05, 4.69) is 40.8 Å². The van der Waals surface area contributed by atoms with Gasteiger partial charge in [-0.2, -0.15) is 0 Å². The second-order valence-electron chi connectivity index (χ2n) is 5.97. The van der Waals surface area contributed by atoms with Crippen LogP contribution in [0.3, 0.4) is 0 Å². The normalized spacial score (nSPS) is 13.5. The Morgan fingerprint density at radius 3 is 1.83 bits per heavy atom. The second kappa shape index (κ2) is 4.45. The first-order chi connectivity index (χ1) is 5.27. The van der Waals surface area contributed by atoms with Gasteiger partial charge in [0.1, 0.15) is 0 Å². The van der Waals surface area contributed by atoms with E-state index < -0.39 is 8.07 Å². The van der Waals surface area contributed by atoms with Crippen LogP contribution in [0.5, 0.6) is 0 Å². The summed E-state index contributed by atoms with van der Waals surface area (Å²) in [7, 11) is -0.813. The average Bonchev–Trinajstić information content (AvgIpc) is 1.83. The van der Waals surface area contributed by atoms with E-state index in [0.717, 1.165) is 0 Å². The molecule has 0 heterocycles. The van der Waals surface area contributed by atoms with Gasteiger partial charge < -0.3 is 0 Å². The summed E-state index contributed by atoms with van der Waals surface area (Å²) in [5.41, 5.74) is 0.540. The van der Waals surface area contributed by atoms with Crippen molar-refractivity contribution in [3.63, 3.8) is 0 Å². The molecule has 0 saturated carbocycles. The van der Waals surface area contributed by atoms with Crippen LogP contribution in [0, 0.1) is 5.41 Å². The highest BCUT2D eigenvalue weighted by atomic mass is 28.3. The molecule has 0 aromatic rings. The zero-order valence-corrected chi connectivity index (χ0v) is 10.8. The van der Waals surface area contributed by atoms with Gasteiger partial charge in [-0.25, -0.2) is 0 Å². The van der Waals surface area contributed by atoms with Crippen LogP contribution < -0.4 is 0 Å². The third-order valence-corrected chi connectivity index (χ3v) is 5.94. The fraction of sp³-hybridized carbons (Fsp3) is 1.00. The molecule has 0 spiro atoms. The molecule has 0 unspecified atom stereocenters. The van der Waals surface area contributed by atoms with E-state index >= 15 is 0 Å². The number of rotatable bonds is 4. The van der Waals surface area contributed by atoms with Crippen LogP contribution in [0.4, 0.5) is 0 Å². The predicted molar refractivity (Wildman–Crippen MR) is 61.5 cm³/mol. The van der Waals surface area contributed by atoms with Crippen molar-refractivity contribution in [2.75, 3.05) is 0 Å². The topological polar surface area (TPSA) is 0 Å². The summed E-state index contributed by atoms with van der Waals surface area (Å²) in [4.78, 5) is 0. The summed E-state index contributed by atoms with van der Waals surface area (Å²) < 4.78 is 0. The molecular weight excluding hydrogens is 160 g/mol. The first kappa shape index (κ1) is 12.2. The van der Waals surface area contributed by atoms with Crippen molar-refractivity contribution >= 4 is 8.07 Å². The third-order valence-electron chi connectivity index (χ3n) is 2.48. The molecule has 0 amide bonds. The van der Waals surface area contributed by atoms with Crippen molar-refractivity contribution in [1.29, 1.82) is 0 Å². The highest BCUT2D eigenvalue weighted by Gasteiger charge is 2.22. The molecule has 0 fully saturated rings. The lowest BCUT2D eigenvalue weighted by molar-refractivity contribution is 0.395. The number of hydrogen-bond donors (Lipinski definition) is 0. The third kappa shape index (κ3) is 6.90. The van der Waals surface area contributed by atoms with Gasteiger partial charge in [-0.15, -0.1) is 0 Å². The molecule has 0 aromatic heterocycles. The molecule has 0 rings (SSSR count). The zero-order valence-electron chi connectivity index (χ0n) is 9.83. The van der Waals surface area contributed by atoms with Crippen LogP contribution in [-0.4, -0.2) is 8.07 Å². The minimum Gasteiger partial charge on any atom is -0.0693 e. The monoisotopic (exact) mass is 186 g/mol. The molecule has 0 aliphatic rings. The minimum absolute atomic E-state index is 0.540. The minimum atomic E-state index is -0.813. The Morgan fingerprint density at radius 2 is 1.50 bits per heavy atom. The lowest BCUT2D eigenvalue weighted by Gasteiger charge is -2.26. The van der Waals surface area contributed by atoms with Crippen molar-refractivity contribution in [3.05, 3.63) is 0 Å². The van der Waals surface area contributed by atoms with Crippen molar-refractivity contribution in [1.82, 2.24) is 0 Å². The number of hydrogen-bond acceptors (Lipinski definition) is 0. The molecule has 0 aliphatic heterocycles. The summed E-state index contributed by atoms with van der Waals surface area (Å²) >= 11 is 0. The standard InChI is InChI=1S/C11H26Si/c1-7-9-12(5,6)10-8-11(2,3)4/h7-10H2,1-6H3. The van der Waals surface area contributed by atoms with Crippen molar-refractivity contribution in [3.8, 4) is 0 Å². The van der Waals surface area contributed by atoms with Crippen LogP contribution in [0.15, 0.2) is 0 Å². The van der Waals surface area contributed by atoms with Gasteiger partial charge in [-0.05, 0) is 5.41 Å². The molecule has 0 N–H and O–H groups in total. The summed E-state index contributed by atoms with van der Waals surface area (Å²) in [6.45, 7) is 14.4. The Hall–Kier alpha value is 0.217. The van der Waals surface area contributed by atoms with Gasteiger partial charge in [0.05, 0.1) is 0 Å². The smallest absolute Gasteiger partial charge is 0.0473 e. The fourth-order valence-corrected chi connectivity index (χ4v) is 4.55. The molecule has 0 radical (unpaired) electrons. The highest BCUT2D eigenvalue weighted by Crippen LogP contribution is 2.28. The summed E-state index contributed by atoms with van der Waals surface area (Å²) in [5, 5.41) is 0. The van der Waals surface area contributed by atoms with Gasteiger partial charge in [0.25, 0.3) is 0 Å². The maximum Gasteiger partial charge on any atom is 0.0473 e. The summed E-state index contributed by atoms with van der Waals surface area (Å²) in [6, 6.07) is 3.01. The molecule has 1 heteroatoms. The Kier molecular flexibility index (Phi) is 4.53. The summed E-state index contributed by atoms with van der Waals surface area (Å²) in [5.74, 6) is 0. The van der Waals surface area contributed by atoms with E-state index in [0.29, 0.717) is 5.41 Å². The van der Waals surface area contributed by atoms with Gasteiger partial charge >= 0.3 is 0 Å². The highest BCUT2D eigenvalue weighted by molar-refractivity contribution is 6.77. The molecule has 0 aromatic carbocycles. The molecule has 74 valence electrons. The van der Waals surface area contributed by atoms with Crippen LogP contribution in [0.1, 0.15) is 40.5 Å². The van der Waals surface area contributed by atoms with Gasteiger partial charge in [0.2, 0.25) is 0 Å². The maximum absolute atomic E-state index is 2.53. The first-order valence-corrected chi connectivity index (χ1v) is 8.68. The van der Waals surface area contributed by atoms with Crippen LogP contribution in [0.2, 0.25) is 25.2 Å². The lowest BCUT2D eigenvalue weighted by atomic mass is 9.94. The molecule has 12 heavy (non-hydrogen) atoms. The summed E-state index contributed by atoms with van der Waals surface area (Å²) in [6.07, 6.45) is 2.79. The predicted octanol–water partition coefficient (Wildman–Crippen LogP) is 4.54. The fourth-order valence-electron chi connectivity index (χ4n) is 1.52. The zero-order chi connectivity index (χ0) is 9.83. The van der Waals surface area contributed by atoms with E-state index in [-0.39, 0.29) is 0 Å². The molecule has 0 bridgehead atoms. The van der Waals surface area contributed by atoms with Crippen molar-refractivity contribution in [2.24, 2.45) is 5.41 Å². The molecular formula is C11H26Si. The van der Waals surface area contributed by atoms with Crippen LogP contribution >= 0.6 is 0 Å². The van der Waals surface area contributed by atoms with Crippen molar-refractivity contribution in [2.45, 2.75) is 65.7 Å². The molecule has 0 aliphatic carbocycles. The van der Waals surface area contributed by atoms with E-state index in [9.17, 15) is 0 Å². The SMILES string of the molecule is CCC[Si](C)(C)CCC(C)(C)C. The van der Waals surface area contributed by atoms with Gasteiger partial charge in [0.15, 0.2) is 0 Å². The van der Waals surface area contributed by atoms with Gasteiger partial charge in [0, 0.05) is 8.07 Å². The first-order valence-electron chi connectivity index (χ1n) is 5.27. The van der Waals surface area contributed by atoms with Crippen LogP contribution in [-0.2, 0) is 0 Å².